The van der Waals surface area contributed by atoms with Crippen molar-refractivity contribution < 1.29 is 182 Å². The first-order valence-electron chi connectivity index (χ1n) is 9.00. The number of rotatable bonds is 14. The Morgan fingerprint density at radius 3 is 1.20 bits per heavy atom. The van der Waals surface area contributed by atoms with E-state index in [1.54, 1.807) is 0 Å². The van der Waals surface area contributed by atoms with Crippen molar-refractivity contribution in [3.8, 4) is 0 Å². The molecule has 0 saturated carbocycles. The van der Waals surface area contributed by atoms with Gasteiger partial charge < -0.3 is 19.6 Å². The molecule has 0 unspecified atom stereocenters. The van der Waals surface area contributed by atoms with E-state index >= 15 is 0 Å². The Balaban J connectivity index is -0.00000361. The third kappa shape index (κ3) is 16.3. The Labute approximate surface area is 343 Å². The molecule has 0 spiro atoms. The molecule has 0 aliphatic rings. The summed E-state index contributed by atoms with van der Waals surface area (Å²) >= 11 is 13.1. The van der Waals surface area contributed by atoms with Gasteiger partial charge in [-0.1, -0.05) is 23.2 Å². The summed E-state index contributed by atoms with van der Waals surface area (Å²) in [5, 5.41) is 26.0. The summed E-state index contributed by atoms with van der Waals surface area (Å²) in [7, 11) is -14.7. The molecular formula is C16H12Cl2Na4O14S5. The quantitative estimate of drug-likeness (QED) is 0.0436. The van der Waals surface area contributed by atoms with Crippen molar-refractivity contribution in [3.05, 3.63) is 56.6 Å². The molecule has 0 heterocycles. The van der Waals surface area contributed by atoms with Gasteiger partial charge in [-0.25, -0.2) is 25.3 Å². The van der Waals surface area contributed by atoms with Gasteiger partial charge in [-0.15, -0.1) is 0 Å². The van der Waals surface area contributed by atoms with Crippen molar-refractivity contribution in [2.24, 2.45) is 0 Å². The molecule has 0 amide bonds. The molecule has 2 aromatic rings. The molecule has 0 aliphatic heterocycles. The fraction of sp³-hybridized carbons (Fsp3) is 0.250. The van der Waals surface area contributed by atoms with Crippen molar-refractivity contribution in [2.75, 3.05) is 0 Å². The number of benzene rings is 2. The topological polar surface area (TPSA) is 232 Å². The Morgan fingerprint density at radius 2 is 0.902 bits per heavy atom. The van der Waals surface area contributed by atoms with Crippen molar-refractivity contribution in [1.82, 2.24) is 0 Å². The smallest absolute Gasteiger partial charge is 0.748 e. The summed E-state index contributed by atoms with van der Waals surface area (Å²) in [5.41, 5.74) is -0.943. The molecule has 0 bridgehead atoms. The van der Waals surface area contributed by atoms with Crippen molar-refractivity contribution in [2.45, 2.75) is 32.8 Å². The fourth-order valence-corrected chi connectivity index (χ4v) is 7.26. The molecule has 0 N–H and O–H groups in total. The van der Waals surface area contributed by atoms with Crippen LogP contribution in [0.4, 0.5) is 0 Å². The molecule has 208 valence electrons. The zero-order valence-electron chi connectivity index (χ0n) is 21.7. The third-order valence-corrected chi connectivity index (χ3v) is 9.43. The summed E-state index contributed by atoms with van der Waals surface area (Å²) in [6, 6.07) is 3.60. The zero-order chi connectivity index (χ0) is 28.0. The second kappa shape index (κ2) is 22.0. The zero-order valence-corrected chi connectivity index (χ0v) is 35.2. The second-order valence-corrected chi connectivity index (χ2v) is 13.6. The Kier molecular flexibility index (Phi) is 26.1. The summed E-state index contributed by atoms with van der Waals surface area (Å²) in [6.45, 7) is 0. The largest absolute Gasteiger partial charge is 1.00 e. The van der Waals surface area contributed by atoms with Gasteiger partial charge in [0, 0.05) is 45.6 Å². The molecule has 25 heteroatoms. The number of hydrogen-bond donors (Lipinski definition) is 0. The van der Waals surface area contributed by atoms with Gasteiger partial charge in [0.1, 0.15) is 0 Å². The van der Waals surface area contributed by atoms with Gasteiger partial charge in [0.2, 0.25) is 9.84 Å². The Bertz CT molecular complexity index is 1380. The second-order valence-electron chi connectivity index (χ2n) is 6.82. The van der Waals surface area contributed by atoms with Crippen LogP contribution in [0.1, 0.15) is 22.3 Å². The third-order valence-electron chi connectivity index (χ3n) is 4.26. The van der Waals surface area contributed by atoms with Crippen LogP contribution < -0.4 is 129 Å². The van der Waals surface area contributed by atoms with Gasteiger partial charge in [-0.2, -0.15) is 8.67 Å². The minimum Gasteiger partial charge on any atom is -0.748 e. The molecular weight excluding hydrogens is 739 g/mol. The normalized spacial score (nSPS) is 11.5. The predicted octanol–water partition coefficient (Wildman–Crippen LogP) is -11.3. The number of sulfone groups is 1. The Morgan fingerprint density at radius 1 is 0.610 bits per heavy atom. The van der Waals surface area contributed by atoms with Gasteiger partial charge >= 0.3 is 118 Å². The molecule has 0 fully saturated rings. The van der Waals surface area contributed by atoms with E-state index in [0.717, 1.165) is 24.3 Å². The fourth-order valence-electron chi connectivity index (χ4n) is 2.90. The van der Waals surface area contributed by atoms with Gasteiger partial charge in [0.05, 0.1) is 41.5 Å². The van der Waals surface area contributed by atoms with Crippen molar-refractivity contribution in [1.29, 1.82) is 0 Å². The summed E-state index contributed by atoms with van der Waals surface area (Å²) in [4.78, 5) is -1.18. The van der Waals surface area contributed by atoms with E-state index in [4.69, 9.17) is 23.2 Å². The molecule has 0 saturated heterocycles. The number of hydrogen-bond acceptors (Lipinski definition) is 16. The van der Waals surface area contributed by atoms with Crippen LogP contribution in [0.25, 0.3) is 0 Å². The molecule has 2 rings (SSSR count). The van der Waals surface area contributed by atoms with Crippen molar-refractivity contribution in [3.63, 3.8) is 0 Å². The molecule has 14 nitrogen and oxygen atoms in total. The monoisotopic (exact) mass is 750 g/mol. The van der Waals surface area contributed by atoms with Crippen LogP contribution in [0.3, 0.4) is 0 Å². The van der Waals surface area contributed by atoms with E-state index in [1.807, 2.05) is 0 Å². The van der Waals surface area contributed by atoms with E-state index in [0.29, 0.717) is 24.1 Å². The molecule has 0 aliphatic carbocycles. The van der Waals surface area contributed by atoms with E-state index < -0.39 is 67.5 Å². The average molecular weight is 751 g/mol. The van der Waals surface area contributed by atoms with Crippen LogP contribution in [0.15, 0.2) is 34.1 Å². The summed E-state index contributed by atoms with van der Waals surface area (Å²) < 4.78 is 103. The van der Waals surface area contributed by atoms with E-state index in [9.17, 15) is 44.9 Å². The van der Waals surface area contributed by atoms with Gasteiger partial charge in [-0.05, 0) is 46.5 Å². The average Bonchev–Trinajstić information content (AvgIpc) is 2.76. The van der Waals surface area contributed by atoms with Gasteiger partial charge in [0.25, 0.3) is 0 Å². The molecule has 0 atom stereocenters. The molecule has 2 aromatic carbocycles. The molecule has 41 heavy (non-hydrogen) atoms. The van der Waals surface area contributed by atoms with Crippen LogP contribution in [-0.4, -0.2) is 34.4 Å². The summed E-state index contributed by atoms with van der Waals surface area (Å²) in [5.74, 6) is -3.04. The standard InChI is InChI=1S/C16H16Cl2O14S5.4Na/c17-15-9(5-33-31-29-19)1-13(2-10(15)6-34-32-30-20)37(27,28)14-3-11(7-35(21,22)23)16(18)12(4-14)8-36(24,25)26;;;;/h1-4,19-20H,5-8H2,(H,21,22,23)(H,24,25,26);;;;/q;4*+1/p-4. The first-order valence-corrected chi connectivity index (χ1v) is 16.2. The predicted molar refractivity (Wildman–Crippen MR) is 122 cm³/mol. The minimum absolute atomic E-state index is 0. The van der Waals surface area contributed by atoms with Crippen molar-refractivity contribution >= 4 is 77.4 Å². The first kappa shape index (κ1) is 48.6. The first-order chi connectivity index (χ1) is 17.1. The number of halogens is 2. The van der Waals surface area contributed by atoms with Crippen LogP contribution in [0.2, 0.25) is 10.0 Å². The maximum absolute atomic E-state index is 13.5. The Hall–Kier alpha value is 3.25. The maximum atomic E-state index is 13.5. The van der Waals surface area contributed by atoms with Gasteiger partial charge in [-0.3, -0.25) is 10.1 Å². The maximum Gasteiger partial charge on any atom is 1.00 e. The molecule has 0 radical (unpaired) electrons. The van der Waals surface area contributed by atoms with Gasteiger partial charge in [0.15, 0.2) is 0 Å². The van der Waals surface area contributed by atoms with Crippen LogP contribution >= 0.6 is 47.3 Å². The van der Waals surface area contributed by atoms with E-state index in [2.05, 4.69) is 18.7 Å². The minimum atomic E-state index is -5.01. The summed E-state index contributed by atoms with van der Waals surface area (Å²) in [6.07, 6.45) is 0. The molecule has 0 aromatic heterocycles. The van der Waals surface area contributed by atoms with Crippen LogP contribution in [0.5, 0.6) is 0 Å². The van der Waals surface area contributed by atoms with Crippen LogP contribution in [-0.2, 0) is 71.8 Å². The van der Waals surface area contributed by atoms with E-state index in [-0.39, 0.29) is 146 Å². The van der Waals surface area contributed by atoms with Crippen LogP contribution in [0, 0.1) is 0 Å². The SMILES string of the molecule is O=S(=O)([O-])Cc1cc(S(=O)(=O)c2cc(CSOO[O-])c(Cl)c(CSOO[O-])c2)cc(CS(=O)(=O)[O-])c1Cl.[Na+].[Na+].[Na+].[Na+]. The van der Waals surface area contributed by atoms with E-state index in [1.165, 1.54) is 0 Å².